The number of ether oxygens (including phenoxy) is 2. The Morgan fingerprint density at radius 3 is 2.37 bits per heavy atom. The van der Waals surface area contributed by atoms with Gasteiger partial charge in [-0.1, -0.05) is 32.9 Å². The molecule has 0 aliphatic heterocycles. The average molecular weight is 265 g/mol. The van der Waals surface area contributed by atoms with Crippen LogP contribution in [0.25, 0.3) is 0 Å². The molecule has 1 N–H and O–H groups in total. The van der Waals surface area contributed by atoms with Crippen molar-refractivity contribution in [3.8, 4) is 11.5 Å². The van der Waals surface area contributed by atoms with Crippen LogP contribution in [-0.2, 0) is 0 Å². The van der Waals surface area contributed by atoms with Gasteiger partial charge in [-0.05, 0) is 31.5 Å². The molecule has 1 rings (SSSR count). The van der Waals surface area contributed by atoms with Gasteiger partial charge in [0.2, 0.25) is 0 Å². The molecular formula is C16H27NO2. The Labute approximate surface area is 117 Å². The monoisotopic (exact) mass is 265 g/mol. The summed E-state index contributed by atoms with van der Waals surface area (Å²) in [5.74, 6) is 2.18. The van der Waals surface area contributed by atoms with Crippen molar-refractivity contribution in [3.05, 3.63) is 24.3 Å². The highest BCUT2D eigenvalue weighted by atomic mass is 16.5. The minimum absolute atomic E-state index is 0.491. The van der Waals surface area contributed by atoms with Gasteiger partial charge in [0.05, 0.1) is 13.2 Å². The van der Waals surface area contributed by atoms with Gasteiger partial charge in [-0.2, -0.15) is 0 Å². The van der Waals surface area contributed by atoms with Crippen LogP contribution in [-0.4, -0.2) is 26.3 Å². The SMILES string of the molecule is CCCNCC(C)COc1ccccc1OCCC. The van der Waals surface area contributed by atoms with E-state index in [2.05, 4.69) is 26.1 Å². The second kappa shape index (κ2) is 9.68. The molecule has 1 aromatic carbocycles. The highest BCUT2D eigenvalue weighted by molar-refractivity contribution is 5.39. The maximum Gasteiger partial charge on any atom is 0.161 e. The fraction of sp³-hybridized carbons (Fsp3) is 0.625. The molecule has 3 nitrogen and oxygen atoms in total. The lowest BCUT2D eigenvalue weighted by Gasteiger charge is -2.16. The van der Waals surface area contributed by atoms with E-state index >= 15 is 0 Å². The van der Waals surface area contributed by atoms with Crippen molar-refractivity contribution in [1.29, 1.82) is 0 Å². The van der Waals surface area contributed by atoms with E-state index in [1.807, 2.05) is 24.3 Å². The van der Waals surface area contributed by atoms with E-state index in [-0.39, 0.29) is 0 Å². The number of rotatable bonds is 10. The molecule has 0 radical (unpaired) electrons. The summed E-state index contributed by atoms with van der Waals surface area (Å²) in [4.78, 5) is 0. The molecule has 0 heterocycles. The Kier molecular flexibility index (Phi) is 8.07. The normalized spacial score (nSPS) is 12.2. The molecule has 0 aromatic heterocycles. The largest absolute Gasteiger partial charge is 0.490 e. The zero-order valence-corrected chi connectivity index (χ0v) is 12.4. The van der Waals surface area contributed by atoms with Gasteiger partial charge in [-0.15, -0.1) is 0 Å². The molecule has 3 heteroatoms. The first-order chi connectivity index (χ1) is 9.27. The third kappa shape index (κ3) is 6.48. The molecule has 0 bridgehead atoms. The first kappa shape index (κ1) is 15.8. The molecule has 1 unspecified atom stereocenters. The summed E-state index contributed by atoms with van der Waals surface area (Å²) in [7, 11) is 0. The lowest BCUT2D eigenvalue weighted by molar-refractivity contribution is 0.234. The molecule has 0 spiro atoms. The highest BCUT2D eigenvalue weighted by Gasteiger charge is 2.07. The van der Waals surface area contributed by atoms with Gasteiger partial charge in [-0.25, -0.2) is 0 Å². The molecular weight excluding hydrogens is 238 g/mol. The van der Waals surface area contributed by atoms with Crippen LogP contribution in [0.2, 0.25) is 0 Å². The standard InChI is InChI=1S/C16H27NO2/c1-4-10-17-12-14(3)13-19-16-9-7-6-8-15(16)18-11-5-2/h6-9,14,17H,4-5,10-13H2,1-3H3. The smallest absolute Gasteiger partial charge is 0.161 e. The number of para-hydroxylation sites is 2. The van der Waals surface area contributed by atoms with Crippen LogP contribution in [0.1, 0.15) is 33.6 Å². The van der Waals surface area contributed by atoms with Crippen molar-refractivity contribution < 1.29 is 9.47 Å². The Morgan fingerprint density at radius 2 is 1.74 bits per heavy atom. The van der Waals surface area contributed by atoms with Gasteiger partial charge in [0.25, 0.3) is 0 Å². The molecule has 0 fully saturated rings. The van der Waals surface area contributed by atoms with E-state index in [1.54, 1.807) is 0 Å². The second-order valence-electron chi connectivity index (χ2n) is 4.92. The van der Waals surface area contributed by atoms with Gasteiger partial charge >= 0.3 is 0 Å². The Hall–Kier alpha value is -1.22. The Morgan fingerprint density at radius 1 is 1.05 bits per heavy atom. The highest BCUT2D eigenvalue weighted by Crippen LogP contribution is 2.26. The zero-order valence-electron chi connectivity index (χ0n) is 12.4. The predicted molar refractivity (Wildman–Crippen MR) is 80.0 cm³/mol. The number of nitrogens with one attached hydrogen (secondary N) is 1. The zero-order chi connectivity index (χ0) is 13.9. The summed E-state index contributed by atoms with van der Waals surface area (Å²) in [5.41, 5.74) is 0. The van der Waals surface area contributed by atoms with E-state index in [0.717, 1.165) is 37.6 Å². The maximum atomic E-state index is 5.86. The molecule has 0 amide bonds. The predicted octanol–water partition coefficient (Wildman–Crippen LogP) is 3.49. The molecule has 0 aliphatic carbocycles. The quantitative estimate of drug-likeness (QED) is 0.657. The summed E-state index contributed by atoms with van der Waals surface area (Å²) in [5, 5.41) is 3.41. The lowest BCUT2D eigenvalue weighted by atomic mass is 10.2. The van der Waals surface area contributed by atoms with Gasteiger partial charge in [0.15, 0.2) is 11.5 Å². The van der Waals surface area contributed by atoms with E-state index in [9.17, 15) is 0 Å². The summed E-state index contributed by atoms with van der Waals surface area (Å²) < 4.78 is 11.5. The molecule has 19 heavy (non-hydrogen) atoms. The topological polar surface area (TPSA) is 30.5 Å². The lowest BCUT2D eigenvalue weighted by Crippen LogP contribution is -2.25. The summed E-state index contributed by atoms with van der Waals surface area (Å²) in [6, 6.07) is 7.89. The third-order valence-electron chi connectivity index (χ3n) is 2.75. The summed E-state index contributed by atoms with van der Waals surface area (Å²) >= 11 is 0. The van der Waals surface area contributed by atoms with Crippen LogP contribution in [0.4, 0.5) is 0 Å². The van der Waals surface area contributed by atoms with Crippen molar-refractivity contribution in [1.82, 2.24) is 5.32 Å². The van der Waals surface area contributed by atoms with Crippen LogP contribution in [0.3, 0.4) is 0 Å². The molecule has 0 aliphatic rings. The summed E-state index contributed by atoms with van der Waals surface area (Å²) in [6.45, 7) is 9.97. The van der Waals surface area contributed by atoms with E-state index in [4.69, 9.17) is 9.47 Å². The van der Waals surface area contributed by atoms with Crippen molar-refractivity contribution in [2.45, 2.75) is 33.6 Å². The first-order valence-electron chi connectivity index (χ1n) is 7.33. The third-order valence-corrected chi connectivity index (χ3v) is 2.75. The van der Waals surface area contributed by atoms with E-state index < -0.39 is 0 Å². The van der Waals surface area contributed by atoms with Crippen LogP contribution in [0, 0.1) is 5.92 Å². The molecule has 1 aromatic rings. The second-order valence-corrected chi connectivity index (χ2v) is 4.92. The van der Waals surface area contributed by atoms with Crippen LogP contribution < -0.4 is 14.8 Å². The van der Waals surface area contributed by atoms with Crippen LogP contribution in [0.5, 0.6) is 11.5 Å². The molecule has 0 saturated heterocycles. The molecule has 0 saturated carbocycles. The number of benzene rings is 1. The first-order valence-corrected chi connectivity index (χ1v) is 7.33. The van der Waals surface area contributed by atoms with Crippen molar-refractivity contribution in [3.63, 3.8) is 0 Å². The van der Waals surface area contributed by atoms with E-state index in [0.29, 0.717) is 12.5 Å². The van der Waals surface area contributed by atoms with Crippen molar-refractivity contribution in [2.24, 2.45) is 5.92 Å². The average Bonchev–Trinajstić information content (AvgIpc) is 2.44. The van der Waals surface area contributed by atoms with Gasteiger partial charge in [0.1, 0.15) is 0 Å². The van der Waals surface area contributed by atoms with Gasteiger partial charge < -0.3 is 14.8 Å². The Bertz CT molecular complexity index is 341. The van der Waals surface area contributed by atoms with Gasteiger partial charge in [0, 0.05) is 12.5 Å². The van der Waals surface area contributed by atoms with Crippen molar-refractivity contribution in [2.75, 3.05) is 26.3 Å². The van der Waals surface area contributed by atoms with Crippen molar-refractivity contribution >= 4 is 0 Å². The number of hydrogen-bond donors (Lipinski definition) is 1. The molecule has 1 atom stereocenters. The van der Waals surface area contributed by atoms with Crippen LogP contribution >= 0.6 is 0 Å². The minimum atomic E-state index is 0.491. The maximum absolute atomic E-state index is 5.86. The summed E-state index contributed by atoms with van der Waals surface area (Å²) in [6.07, 6.45) is 2.17. The van der Waals surface area contributed by atoms with Gasteiger partial charge in [-0.3, -0.25) is 0 Å². The Balaban J connectivity index is 2.39. The fourth-order valence-corrected chi connectivity index (χ4v) is 1.72. The minimum Gasteiger partial charge on any atom is -0.490 e. The fourth-order valence-electron chi connectivity index (χ4n) is 1.72. The van der Waals surface area contributed by atoms with E-state index in [1.165, 1.54) is 6.42 Å². The molecule has 108 valence electrons. The number of hydrogen-bond acceptors (Lipinski definition) is 3. The van der Waals surface area contributed by atoms with Crippen LogP contribution in [0.15, 0.2) is 24.3 Å².